The smallest absolute Gasteiger partial charge is 0.259 e. The lowest BCUT2D eigenvalue weighted by Gasteiger charge is -2.41. The molecule has 1 saturated heterocycles. The van der Waals surface area contributed by atoms with Gasteiger partial charge in [0, 0.05) is 19.0 Å². The number of carbonyl (C=O) groups excluding carboxylic acids is 1. The number of carbonyl (C=O) groups is 1. The molecule has 1 radical (unpaired) electrons. The standard InChI is InChI=1S/C29H38NO2/c1-28(2,21-23-11-5-3-6-12-23)22-24-17-19-30(20-18-24)27(31)29(32,26-15-9-10-16-26)25-13-7-4-8-14-25/h3-8,11-14,22,24,26,32H,9-10,15-21H2,1-2H3. The van der Waals surface area contributed by atoms with Crippen molar-refractivity contribution in [1.82, 2.24) is 4.90 Å². The van der Waals surface area contributed by atoms with E-state index in [4.69, 9.17) is 0 Å². The molecular weight excluding hydrogens is 394 g/mol. The molecule has 2 aliphatic rings. The minimum absolute atomic E-state index is 0.0199. The fourth-order valence-corrected chi connectivity index (χ4v) is 5.90. The molecule has 171 valence electrons. The highest BCUT2D eigenvalue weighted by molar-refractivity contribution is 5.87. The van der Waals surface area contributed by atoms with Crippen molar-refractivity contribution in [2.75, 3.05) is 13.1 Å². The van der Waals surface area contributed by atoms with E-state index in [0.717, 1.165) is 63.6 Å². The first-order valence-corrected chi connectivity index (χ1v) is 12.4. The van der Waals surface area contributed by atoms with E-state index in [1.807, 2.05) is 35.2 Å². The van der Waals surface area contributed by atoms with Gasteiger partial charge in [-0.2, -0.15) is 0 Å². The van der Waals surface area contributed by atoms with Gasteiger partial charge in [0.05, 0.1) is 0 Å². The molecule has 1 aliphatic carbocycles. The number of likely N-dealkylation sites (tertiary alicyclic amines) is 1. The van der Waals surface area contributed by atoms with Crippen LogP contribution in [0, 0.1) is 23.7 Å². The molecule has 2 aromatic carbocycles. The second kappa shape index (κ2) is 9.79. The predicted molar refractivity (Wildman–Crippen MR) is 130 cm³/mol. The van der Waals surface area contributed by atoms with Crippen LogP contribution in [0.25, 0.3) is 0 Å². The molecule has 1 amide bonds. The van der Waals surface area contributed by atoms with Gasteiger partial charge < -0.3 is 10.0 Å². The first kappa shape index (κ1) is 23.0. The Labute approximate surface area is 193 Å². The van der Waals surface area contributed by atoms with Gasteiger partial charge in [-0.25, -0.2) is 0 Å². The lowest BCUT2D eigenvalue weighted by molar-refractivity contribution is -0.160. The Balaban J connectivity index is 1.40. The second-order valence-corrected chi connectivity index (χ2v) is 10.6. The first-order valence-electron chi connectivity index (χ1n) is 12.4. The number of hydrogen-bond acceptors (Lipinski definition) is 2. The van der Waals surface area contributed by atoms with Gasteiger partial charge in [0.25, 0.3) is 5.91 Å². The summed E-state index contributed by atoms with van der Waals surface area (Å²) in [6, 6.07) is 20.3. The zero-order valence-electron chi connectivity index (χ0n) is 19.7. The van der Waals surface area contributed by atoms with Crippen molar-refractivity contribution in [2.24, 2.45) is 17.3 Å². The second-order valence-electron chi connectivity index (χ2n) is 10.6. The van der Waals surface area contributed by atoms with Crippen LogP contribution in [0.2, 0.25) is 0 Å². The van der Waals surface area contributed by atoms with E-state index >= 15 is 0 Å². The zero-order chi connectivity index (χ0) is 22.6. The van der Waals surface area contributed by atoms with Crippen LogP contribution in [0.15, 0.2) is 60.7 Å². The molecule has 1 aliphatic heterocycles. The van der Waals surface area contributed by atoms with Crippen LogP contribution in [0.4, 0.5) is 0 Å². The van der Waals surface area contributed by atoms with E-state index in [1.165, 1.54) is 5.56 Å². The monoisotopic (exact) mass is 432 g/mol. The van der Waals surface area contributed by atoms with E-state index in [-0.39, 0.29) is 17.2 Å². The maximum atomic E-state index is 13.7. The Morgan fingerprint density at radius 2 is 1.50 bits per heavy atom. The normalized spacial score (nSPS) is 20.3. The molecule has 0 spiro atoms. The van der Waals surface area contributed by atoms with Crippen molar-refractivity contribution in [3.05, 3.63) is 78.2 Å². The average molecular weight is 433 g/mol. The Morgan fingerprint density at radius 1 is 0.938 bits per heavy atom. The topological polar surface area (TPSA) is 40.5 Å². The van der Waals surface area contributed by atoms with Crippen LogP contribution in [0.1, 0.15) is 63.5 Å². The maximum Gasteiger partial charge on any atom is 0.259 e. The van der Waals surface area contributed by atoms with E-state index < -0.39 is 5.60 Å². The number of piperidine rings is 1. The van der Waals surface area contributed by atoms with Crippen LogP contribution in [-0.2, 0) is 16.8 Å². The lowest BCUT2D eigenvalue weighted by atomic mass is 9.75. The zero-order valence-corrected chi connectivity index (χ0v) is 19.7. The molecule has 0 bridgehead atoms. The molecule has 3 nitrogen and oxygen atoms in total. The fourth-order valence-electron chi connectivity index (χ4n) is 5.90. The molecule has 1 atom stereocenters. The quantitative estimate of drug-likeness (QED) is 0.603. The molecule has 1 N–H and O–H groups in total. The Morgan fingerprint density at radius 3 is 2.09 bits per heavy atom. The number of nitrogens with zero attached hydrogens (tertiary/aromatic N) is 1. The molecule has 2 aromatic rings. The van der Waals surface area contributed by atoms with Gasteiger partial charge in [-0.1, -0.05) is 87.4 Å². The molecule has 3 heteroatoms. The van der Waals surface area contributed by atoms with Crippen LogP contribution in [0.3, 0.4) is 0 Å². The fraction of sp³-hybridized carbons (Fsp3) is 0.517. The highest BCUT2D eigenvalue weighted by atomic mass is 16.3. The van der Waals surface area contributed by atoms with E-state index in [0.29, 0.717) is 5.92 Å². The maximum absolute atomic E-state index is 13.7. The molecule has 32 heavy (non-hydrogen) atoms. The Hall–Kier alpha value is -2.13. The van der Waals surface area contributed by atoms with Crippen molar-refractivity contribution in [3.8, 4) is 0 Å². The molecule has 1 heterocycles. The first-order chi connectivity index (χ1) is 15.4. The van der Waals surface area contributed by atoms with Gasteiger partial charge in [-0.05, 0) is 61.0 Å². The number of rotatable bonds is 7. The largest absolute Gasteiger partial charge is 0.375 e. The SMILES string of the molecule is CC(C)([CH]C1CCN(C(=O)C(O)(c2ccccc2)C2CCCC2)CC1)Cc1ccccc1. The van der Waals surface area contributed by atoms with Crippen molar-refractivity contribution in [2.45, 2.75) is 64.4 Å². The highest BCUT2D eigenvalue weighted by Gasteiger charge is 2.48. The summed E-state index contributed by atoms with van der Waals surface area (Å²) in [4.78, 5) is 15.6. The van der Waals surface area contributed by atoms with Gasteiger partial charge in [0.15, 0.2) is 5.60 Å². The minimum atomic E-state index is -1.39. The molecule has 0 aromatic heterocycles. The third-order valence-corrected chi connectivity index (χ3v) is 7.50. The summed E-state index contributed by atoms with van der Waals surface area (Å²) >= 11 is 0. The highest BCUT2D eigenvalue weighted by Crippen LogP contribution is 2.43. The number of benzene rings is 2. The number of aliphatic hydroxyl groups is 1. The van der Waals surface area contributed by atoms with Crippen LogP contribution >= 0.6 is 0 Å². The molecule has 4 rings (SSSR count). The molecule has 1 unspecified atom stereocenters. The van der Waals surface area contributed by atoms with Gasteiger partial charge in [-0.3, -0.25) is 4.79 Å². The summed E-state index contributed by atoms with van der Waals surface area (Å²) in [5.41, 5.74) is 0.855. The molecule has 2 fully saturated rings. The minimum Gasteiger partial charge on any atom is -0.375 e. The van der Waals surface area contributed by atoms with Crippen molar-refractivity contribution in [3.63, 3.8) is 0 Å². The summed E-state index contributed by atoms with van der Waals surface area (Å²) in [6.07, 6.45) is 9.52. The van der Waals surface area contributed by atoms with Crippen LogP contribution in [0.5, 0.6) is 0 Å². The third-order valence-electron chi connectivity index (χ3n) is 7.50. The van der Waals surface area contributed by atoms with Gasteiger partial charge >= 0.3 is 0 Å². The summed E-state index contributed by atoms with van der Waals surface area (Å²) in [5, 5.41) is 11.8. The third kappa shape index (κ3) is 5.09. The van der Waals surface area contributed by atoms with Crippen molar-refractivity contribution in [1.29, 1.82) is 0 Å². The summed E-state index contributed by atoms with van der Waals surface area (Å²) in [6.45, 7) is 6.07. The van der Waals surface area contributed by atoms with E-state index in [2.05, 4.69) is 50.6 Å². The van der Waals surface area contributed by atoms with E-state index in [1.54, 1.807) is 0 Å². The lowest BCUT2D eigenvalue weighted by Crippen LogP contribution is -2.53. The van der Waals surface area contributed by atoms with Crippen LogP contribution in [-0.4, -0.2) is 29.0 Å². The average Bonchev–Trinajstić information content (AvgIpc) is 3.35. The van der Waals surface area contributed by atoms with Gasteiger partial charge in [0.1, 0.15) is 0 Å². The summed E-state index contributed by atoms with van der Waals surface area (Å²) in [7, 11) is 0. The van der Waals surface area contributed by atoms with Crippen LogP contribution < -0.4 is 0 Å². The van der Waals surface area contributed by atoms with Crippen molar-refractivity contribution >= 4 is 5.91 Å². The Bertz CT molecular complexity index is 865. The summed E-state index contributed by atoms with van der Waals surface area (Å²) in [5.74, 6) is 0.443. The predicted octanol–water partition coefficient (Wildman–Crippen LogP) is 5.78. The summed E-state index contributed by atoms with van der Waals surface area (Å²) < 4.78 is 0. The molecular formula is C29H38NO2. The van der Waals surface area contributed by atoms with Crippen molar-refractivity contribution < 1.29 is 9.90 Å². The van der Waals surface area contributed by atoms with Gasteiger partial charge in [0.2, 0.25) is 0 Å². The number of hydrogen-bond donors (Lipinski definition) is 1. The van der Waals surface area contributed by atoms with Gasteiger partial charge in [-0.15, -0.1) is 0 Å². The number of amides is 1. The Kier molecular flexibility index (Phi) is 7.05. The van der Waals surface area contributed by atoms with E-state index in [9.17, 15) is 9.90 Å². The molecule has 1 saturated carbocycles.